The van der Waals surface area contributed by atoms with Gasteiger partial charge in [0.25, 0.3) is 0 Å². The van der Waals surface area contributed by atoms with E-state index in [2.05, 4.69) is 15.2 Å². The summed E-state index contributed by atoms with van der Waals surface area (Å²) in [5.74, 6) is 0. The van der Waals surface area contributed by atoms with E-state index in [4.69, 9.17) is 5.73 Å². The highest BCUT2D eigenvalue weighted by molar-refractivity contribution is 5.86. The van der Waals surface area contributed by atoms with Gasteiger partial charge >= 0.3 is 0 Å². The molecule has 0 aliphatic rings. The Morgan fingerprint density at radius 2 is 2.40 bits per heavy atom. The quantitative estimate of drug-likeness (QED) is 0.552. The molecule has 0 fully saturated rings. The molecule has 2 aromatic heterocycles. The number of H-pyrrole nitrogens is 1. The van der Waals surface area contributed by atoms with Gasteiger partial charge in [-0.3, -0.25) is 5.10 Å². The summed E-state index contributed by atoms with van der Waals surface area (Å²) in [4.78, 5) is 4.00. The van der Waals surface area contributed by atoms with Gasteiger partial charge in [0.05, 0.1) is 11.6 Å². The lowest BCUT2D eigenvalue weighted by atomic mass is 10.3. The molecule has 0 spiro atoms. The normalized spacial score (nSPS) is 10.4. The topological polar surface area (TPSA) is 67.6 Å². The molecule has 2 heterocycles. The van der Waals surface area contributed by atoms with E-state index in [9.17, 15) is 0 Å². The number of anilines is 1. The minimum Gasteiger partial charge on any atom is -0.398 e. The fourth-order valence-corrected chi connectivity index (χ4v) is 0.871. The SMILES string of the molecule is Nc1ccnc2[nH]ncc12. The Labute approximate surface area is 57.1 Å². The van der Waals surface area contributed by atoms with Crippen molar-refractivity contribution < 1.29 is 0 Å². The standard InChI is InChI=1S/C6H6N4/c7-5-1-2-8-6-4(5)3-9-10-6/h1-3H,(H3,7,8,9,10). The summed E-state index contributed by atoms with van der Waals surface area (Å²) >= 11 is 0. The molecule has 2 rings (SSSR count). The molecule has 0 aliphatic heterocycles. The molecule has 4 nitrogen and oxygen atoms in total. The molecule has 2 aromatic rings. The van der Waals surface area contributed by atoms with Crippen molar-refractivity contribution in [2.24, 2.45) is 0 Å². The first-order valence-corrected chi connectivity index (χ1v) is 2.91. The third kappa shape index (κ3) is 0.556. The van der Waals surface area contributed by atoms with Crippen LogP contribution in [-0.4, -0.2) is 15.2 Å². The van der Waals surface area contributed by atoms with Gasteiger partial charge in [-0.05, 0) is 6.07 Å². The zero-order valence-corrected chi connectivity index (χ0v) is 5.20. The lowest BCUT2D eigenvalue weighted by molar-refractivity contribution is 1.10. The van der Waals surface area contributed by atoms with Crippen molar-refractivity contribution in [1.82, 2.24) is 15.2 Å². The molecule has 4 heteroatoms. The number of fused-ring (bicyclic) bond motifs is 1. The van der Waals surface area contributed by atoms with E-state index in [0.717, 1.165) is 11.0 Å². The van der Waals surface area contributed by atoms with Crippen molar-refractivity contribution >= 4 is 16.7 Å². The molecule has 0 bridgehead atoms. The Morgan fingerprint density at radius 1 is 1.50 bits per heavy atom. The van der Waals surface area contributed by atoms with Gasteiger partial charge in [-0.2, -0.15) is 5.10 Å². The summed E-state index contributed by atoms with van der Waals surface area (Å²) < 4.78 is 0. The maximum absolute atomic E-state index is 5.60. The van der Waals surface area contributed by atoms with Crippen LogP contribution in [0.1, 0.15) is 0 Å². The molecule has 50 valence electrons. The van der Waals surface area contributed by atoms with Crippen molar-refractivity contribution in [3.8, 4) is 0 Å². The van der Waals surface area contributed by atoms with Crippen LogP contribution >= 0.6 is 0 Å². The Morgan fingerprint density at radius 3 is 3.20 bits per heavy atom. The van der Waals surface area contributed by atoms with Crippen LogP contribution in [0.5, 0.6) is 0 Å². The van der Waals surface area contributed by atoms with Crippen LogP contribution in [0.25, 0.3) is 11.0 Å². The summed E-state index contributed by atoms with van der Waals surface area (Å²) in [7, 11) is 0. The van der Waals surface area contributed by atoms with Crippen molar-refractivity contribution in [1.29, 1.82) is 0 Å². The van der Waals surface area contributed by atoms with Gasteiger partial charge in [-0.1, -0.05) is 0 Å². The van der Waals surface area contributed by atoms with E-state index in [1.807, 2.05) is 0 Å². The molecule has 0 radical (unpaired) electrons. The van der Waals surface area contributed by atoms with Crippen LogP contribution in [-0.2, 0) is 0 Å². The minimum absolute atomic E-state index is 0.707. The summed E-state index contributed by atoms with van der Waals surface area (Å²) in [6.07, 6.45) is 3.31. The molecule has 0 aromatic carbocycles. The lowest BCUT2D eigenvalue weighted by Crippen LogP contribution is -1.85. The summed E-state index contributed by atoms with van der Waals surface area (Å²) in [6, 6.07) is 1.75. The van der Waals surface area contributed by atoms with Gasteiger partial charge in [-0.15, -0.1) is 0 Å². The average molecular weight is 134 g/mol. The number of aromatic nitrogens is 3. The fourth-order valence-electron chi connectivity index (χ4n) is 0.871. The Hall–Kier alpha value is -1.58. The van der Waals surface area contributed by atoms with Crippen molar-refractivity contribution in [3.63, 3.8) is 0 Å². The van der Waals surface area contributed by atoms with Gasteiger partial charge < -0.3 is 5.73 Å². The zero-order valence-electron chi connectivity index (χ0n) is 5.20. The second-order valence-electron chi connectivity index (χ2n) is 2.03. The minimum atomic E-state index is 0.707. The molecular weight excluding hydrogens is 128 g/mol. The first kappa shape index (κ1) is 5.22. The summed E-state index contributed by atoms with van der Waals surface area (Å²) in [5, 5.41) is 7.39. The number of nitrogens with one attached hydrogen (secondary N) is 1. The number of pyridine rings is 1. The predicted molar refractivity (Wildman–Crippen MR) is 38.3 cm³/mol. The Kier molecular flexibility index (Phi) is 0.887. The third-order valence-electron chi connectivity index (χ3n) is 1.39. The maximum Gasteiger partial charge on any atom is 0.157 e. The average Bonchev–Trinajstić information content (AvgIpc) is 2.36. The smallest absolute Gasteiger partial charge is 0.157 e. The first-order chi connectivity index (χ1) is 4.88. The summed E-state index contributed by atoms with van der Waals surface area (Å²) in [6.45, 7) is 0. The van der Waals surface area contributed by atoms with E-state index < -0.39 is 0 Å². The third-order valence-corrected chi connectivity index (χ3v) is 1.39. The molecule has 0 saturated carbocycles. The fraction of sp³-hybridized carbons (Fsp3) is 0. The lowest BCUT2D eigenvalue weighted by Gasteiger charge is -1.90. The van der Waals surface area contributed by atoms with Crippen molar-refractivity contribution in [3.05, 3.63) is 18.5 Å². The molecule has 3 N–H and O–H groups in total. The highest BCUT2D eigenvalue weighted by Gasteiger charge is 1.97. The first-order valence-electron chi connectivity index (χ1n) is 2.91. The number of hydrogen-bond acceptors (Lipinski definition) is 3. The van der Waals surface area contributed by atoms with Gasteiger partial charge in [0.15, 0.2) is 5.65 Å². The van der Waals surface area contributed by atoms with Crippen LogP contribution in [0, 0.1) is 0 Å². The van der Waals surface area contributed by atoms with Gasteiger partial charge in [0.2, 0.25) is 0 Å². The second kappa shape index (κ2) is 1.70. The van der Waals surface area contributed by atoms with Crippen molar-refractivity contribution in [2.75, 3.05) is 5.73 Å². The number of aromatic amines is 1. The molecule has 10 heavy (non-hydrogen) atoms. The van der Waals surface area contributed by atoms with Crippen LogP contribution < -0.4 is 5.73 Å². The van der Waals surface area contributed by atoms with Gasteiger partial charge in [0, 0.05) is 11.9 Å². The molecule has 0 atom stereocenters. The molecule has 0 amide bonds. The van der Waals surface area contributed by atoms with E-state index in [1.54, 1.807) is 18.5 Å². The van der Waals surface area contributed by atoms with E-state index in [-0.39, 0.29) is 0 Å². The molecular formula is C6H6N4. The van der Waals surface area contributed by atoms with E-state index in [0.29, 0.717) is 5.69 Å². The number of nitrogen functional groups attached to an aromatic ring is 1. The van der Waals surface area contributed by atoms with Gasteiger partial charge in [-0.25, -0.2) is 4.98 Å². The van der Waals surface area contributed by atoms with E-state index in [1.165, 1.54) is 0 Å². The van der Waals surface area contributed by atoms with Crippen LogP contribution in [0.4, 0.5) is 5.69 Å². The molecule has 0 aliphatic carbocycles. The van der Waals surface area contributed by atoms with Crippen LogP contribution in [0.3, 0.4) is 0 Å². The monoisotopic (exact) mass is 134 g/mol. The maximum atomic E-state index is 5.60. The van der Waals surface area contributed by atoms with Gasteiger partial charge in [0.1, 0.15) is 0 Å². The predicted octanol–water partition coefficient (Wildman–Crippen LogP) is 0.540. The number of nitrogens with two attached hydrogens (primary N) is 1. The zero-order chi connectivity index (χ0) is 6.97. The van der Waals surface area contributed by atoms with Crippen LogP contribution in [0.2, 0.25) is 0 Å². The van der Waals surface area contributed by atoms with E-state index >= 15 is 0 Å². The Bertz CT molecular complexity index is 351. The van der Waals surface area contributed by atoms with Crippen molar-refractivity contribution in [2.45, 2.75) is 0 Å². The molecule has 0 unspecified atom stereocenters. The highest BCUT2D eigenvalue weighted by Crippen LogP contribution is 2.14. The van der Waals surface area contributed by atoms with Crippen LogP contribution in [0.15, 0.2) is 18.5 Å². The summed E-state index contributed by atoms with van der Waals surface area (Å²) in [5.41, 5.74) is 7.04. The highest BCUT2D eigenvalue weighted by atomic mass is 15.1. The molecule has 0 saturated heterocycles. The largest absolute Gasteiger partial charge is 0.398 e. The second-order valence-corrected chi connectivity index (χ2v) is 2.03. The number of nitrogens with zero attached hydrogens (tertiary/aromatic N) is 2. The Balaban J connectivity index is 2.95. The number of hydrogen-bond donors (Lipinski definition) is 2. The number of rotatable bonds is 0.